The van der Waals surface area contributed by atoms with E-state index in [-0.39, 0.29) is 18.0 Å². The van der Waals surface area contributed by atoms with Crippen LogP contribution in [0.1, 0.15) is 43.1 Å². The van der Waals surface area contributed by atoms with Crippen LogP contribution in [0.4, 0.5) is 13.2 Å². The SMILES string of the molecule is CCCN(Cc1c(C(F)(F)F)nc2n(-c3ccc(OC)cc3C)c(Cl)cn12)CC1CC1. The van der Waals surface area contributed by atoms with Gasteiger partial charge in [0.1, 0.15) is 10.9 Å². The second kappa shape index (κ2) is 8.39. The fourth-order valence-corrected chi connectivity index (χ4v) is 4.31. The Bertz CT molecular complexity index is 1080. The van der Waals surface area contributed by atoms with Crippen LogP contribution in [0.15, 0.2) is 24.4 Å². The van der Waals surface area contributed by atoms with Gasteiger partial charge in [-0.15, -0.1) is 0 Å². The highest BCUT2D eigenvalue weighted by Crippen LogP contribution is 2.36. The van der Waals surface area contributed by atoms with E-state index in [0.717, 1.165) is 37.9 Å². The molecule has 0 amide bonds. The van der Waals surface area contributed by atoms with Crippen molar-refractivity contribution < 1.29 is 17.9 Å². The number of benzene rings is 1. The standard InChI is InChI=1S/C22H26ClF3N4O/c1-4-9-28(11-15-5-6-15)12-18-20(22(24,25)26)27-21-29(18)13-19(23)30(21)17-8-7-16(31-3)10-14(17)2/h7-8,10,13,15H,4-6,9,11-12H2,1-3H3. The zero-order valence-corrected chi connectivity index (χ0v) is 18.6. The molecule has 0 bridgehead atoms. The van der Waals surface area contributed by atoms with Crippen molar-refractivity contribution in [2.24, 2.45) is 5.92 Å². The monoisotopic (exact) mass is 454 g/mol. The molecule has 1 fully saturated rings. The largest absolute Gasteiger partial charge is 0.497 e. The van der Waals surface area contributed by atoms with Crippen LogP contribution in [-0.4, -0.2) is 39.1 Å². The van der Waals surface area contributed by atoms with Crippen molar-refractivity contribution in [3.63, 3.8) is 0 Å². The molecule has 168 valence electrons. The lowest BCUT2D eigenvalue weighted by Gasteiger charge is -2.22. The van der Waals surface area contributed by atoms with Crippen LogP contribution in [0, 0.1) is 12.8 Å². The zero-order valence-electron chi connectivity index (χ0n) is 17.8. The van der Waals surface area contributed by atoms with Gasteiger partial charge in [0.2, 0.25) is 5.78 Å². The highest BCUT2D eigenvalue weighted by atomic mass is 35.5. The molecule has 4 rings (SSSR count). The highest BCUT2D eigenvalue weighted by molar-refractivity contribution is 6.30. The summed E-state index contributed by atoms with van der Waals surface area (Å²) in [4.78, 5) is 6.13. The van der Waals surface area contributed by atoms with Gasteiger partial charge >= 0.3 is 6.18 Å². The van der Waals surface area contributed by atoms with Crippen LogP contribution in [-0.2, 0) is 12.7 Å². The van der Waals surface area contributed by atoms with Crippen LogP contribution in [0.5, 0.6) is 5.75 Å². The molecule has 5 nitrogen and oxygen atoms in total. The number of ether oxygens (including phenoxy) is 1. The Morgan fingerprint density at radius 2 is 2.03 bits per heavy atom. The first kappa shape index (κ1) is 22.0. The van der Waals surface area contributed by atoms with Gasteiger partial charge in [-0.05, 0) is 62.4 Å². The minimum absolute atomic E-state index is 0.128. The van der Waals surface area contributed by atoms with Gasteiger partial charge in [0, 0.05) is 19.3 Å². The number of fused-ring (bicyclic) bond motifs is 1. The maximum absolute atomic E-state index is 13.9. The van der Waals surface area contributed by atoms with Gasteiger partial charge in [0.15, 0.2) is 5.69 Å². The van der Waals surface area contributed by atoms with Gasteiger partial charge in [0.25, 0.3) is 0 Å². The number of aromatic nitrogens is 3. The van der Waals surface area contributed by atoms with Crippen molar-refractivity contribution in [3.05, 3.63) is 46.5 Å². The van der Waals surface area contributed by atoms with Crippen LogP contribution >= 0.6 is 11.6 Å². The molecule has 0 saturated heterocycles. The van der Waals surface area contributed by atoms with Crippen molar-refractivity contribution in [1.29, 1.82) is 0 Å². The highest BCUT2D eigenvalue weighted by Gasteiger charge is 2.39. The Hall–Kier alpha value is -2.19. The summed E-state index contributed by atoms with van der Waals surface area (Å²) in [6, 6.07) is 5.34. The fourth-order valence-electron chi connectivity index (χ4n) is 4.04. The quantitative estimate of drug-likeness (QED) is 0.435. The Morgan fingerprint density at radius 3 is 2.61 bits per heavy atom. The van der Waals surface area contributed by atoms with Gasteiger partial charge in [-0.2, -0.15) is 13.2 Å². The number of hydrogen-bond acceptors (Lipinski definition) is 3. The van der Waals surface area contributed by atoms with Gasteiger partial charge in [0.05, 0.1) is 18.5 Å². The topological polar surface area (TPSA) is 34.7 Å². The lowest BCUT2D eigenvalue weighted by Crippen LogP contribution is -2.28. The Labute approximate surface area is 184 Å². The lowest BCUT2D eigenvalue weighted by molar-refractivity contribution is -0.141. The second-order valence-electron chi connectivity index (χ2n) is 8.19. The molecule has 2 heterocycles. The molecule has 31 heavy (non-hydrogen) atoms. The van der Waals surface area contributed by atoms with Crippen molar-refractivity contribution in [2.45, 2.75) is 45.8 Å². The number of halogens is 4. The van der Waals surface area contributed by atoms with Gasteiger partial charge < -0.3 is 4.74 Å². The van der Waals surface area contributed by atoms with E-state index in [9.17, 15) is 13.2 Å². The molecule has 2 aromatic heterocycles. The molecule has 1 aliphatic rings. The summed E-state index contributed by atoms with van der Waals surface area (Å²) in [5, 5.41) is 0.301. The van der Waals surface area contributed by atoms with Crippen LogP contribution in [0.2, 0.25) is 5.15 Å². The molecule has 1 saturated carbocycles. The summed E-state index contributed by atoms with van der Waals surface area (Å²) in [5.41, 5.74) is 0.757. The molecular formula is C22H26ClF3N4O. The Morgan fingerprint density at radius 1 is 1.29 bits per heavy atom. The summed E-state index contributed by atoms with van der Waals surface area (Å²) < 4.78 is 50.1. The summed E-state index contributed by atoms with van der Waals surface area (Å²) >= 11 is 6.50. The van der Waals surface area contributed by atoms with E-state index in [4.69, 9.17) is 16.3 Å². The predicted molar refractivity (Wildman–Crippen MR) is 114 cm³/mol. The summed E-state index contributed by atoms with van der Waals surface area (Å²) in [6.45, 7) is 5.63. The molecule has 9 heteroatoms. The molecule has 1 aromatic carbocycles. The van der Waals surface area contributed by atoms with E-state index < -0.39 is 11.9 Å². The van der Waals surface area contributed by atoms with E-state index in [1.165, 1.54) is 10.6 Å². The van der Waals surface area contributed by atoms with E-state index in [0.29, 0.717) is 22.5 Å². The fraction of sp³-hybridized carbons (Fsp3) is 0.500. The van der Waals surface area contributed by atoms with Crippen molar-refractivity contribution >= 4 is 17.4 Å². The van der Waals surface area contributed by atoms with Gasteiger partial charge in [-0.3, -0.25) is 13.9 Å². The molecule has 0 spiro atoms. The van der Waals surface area contributed by atoms with Crippen molar-refractivity contribution in [3.8, 4) is 11.4 Å². The van der Waals surface area contributed by atoms with Crippen LogP contribution in [0.3, 0.4) is 0 Å². The van der Waals surface area contributed by atoms with Crippen LogP contribution in [0.25, 0.3) is 11.5 Å². The maximum Gasteiger partial charge on any atom is 0.435 e. The van der Waals surface area contributed by atoms with Gasteiger partial charge in [-0.25, -0.2) is 4.98 Å². The third-order valence-corrected chi connectivity index (χ3v) is 5.95. The number of hydrogen-bond donors (Lipinski definition) is 0. The Kier molecular flexibility index (Phi) is 5.96. The average molecular weight is 455 g/mol. The van der Waals surface area contributed by atoms with Crippen molar-refractivity contribution in [2.75, 3.05) is 20.2 Å². The second-order valence-corrected chi connectivity index (χ2v) is 8.58. The van der Waals surface area contributed by atoms with E-state index >= 15 is 0 Å². The van der Waals surface area contributed by atoms with E-state index in [1.54, 1.807) is 23.8 Å². The van der Waals surface area contributed by atoms with Gasteiger partial charge in [-0.1, -0.05) is 18.5 Å². The number of alkyl halides is 3. The third-order valence-electron chi connectivity index (χ3n) is 5.68. The molecular weight excluding hydrogens is 429 g/mol. The zero-order chi connectivity index (χ0) is 22.3. The number of imidazole rings is 2. The first-order valence-electron chi connectivity index (χ1n) is 10.5. The maximum atomic E-state index is 13.9. The van der Waals surface area contributed by atoms with E-state index in [1.807, 2.05) is 19.9 Å². The third kappa shape index (κ3) is 4.41. The molecule has 3 aromatic rings. The molecule has 0 atom stereocenters. The summed E-state index contributed by atoms with van der Waals surface area (Å²) in [5.74, 6) is 1.40. The smallest absolute Gasteiger partial charge is 0.435 e. The minimum Gasteiger partial charge on any atom is -0.497 e. The molecule has 0 aliphatic heterocycles. The first-order valence-corrected chi connectivity index (χ1v) is 10.8. The molecule has 1 aliphatic carbocycles. The number of aryl methyl sites for hydroxylation is 1. The number of methoxy groups -OCH3 is 1. The lowest BCUT2D eigenvalue weighted by atomic mass is 10.2. The molecule has 0 radical (unpaired) electrons. The number of rotatable bonds is 8. The Balaban J connectivity index is 1.83. The van der Waals surface area contributed by atoms with E-state index in [2.05, 4.69) is 9.88 Å². The summed E-state index contributed by atoms with van der Waals surface area (Å²) in [7, 11) is 1.56. The van der Waals surface area contributed by atoms with Crippen molar-refractivity contribution in [1.82, 2.24) is 18.9 Å². The van der Waals surface area contributed by atoms with Crippen LogP contribution < -0.4 is 4.74 Å². The number of nitrogens with zero attached hydrogens (tertiary/aromatic N) is 4. The average Bonchev–Trinajstić information content (AvgIpc) is 3.36. The summed E-state index contributed by atoms with van der Waals surface area (Å²) in [6.07, 6.45) is 0.146. The predicted octanol–water partition coefficient (Wildman–Crippen LogP) is 5.74. The molecule has 0 N–H and O–H groups in total. The molecule has 0 unspecified atom stereocenters. The minimum atomic E-state index is -4.55. The first-order chi connectivity index (χ1) is 14.7. The normalized spacial score (nSPS) is 14.7.